The van der Waals surface area contributed by atoms with Crippen LogP contribution in [0.2, 0.25) is 0 Å². The highest BCUT2D eigenvalue weighted by Gasteiger charge is 2.13. The molecule has 0 aliphatic rings. The maximum absolute atomic E-state index is 9.62. The Morgan fingerprint density at radius 3 is 2.47 bits per heavy atom. The molecule has 0 unspecified atom stereocenters. The number of rotatable bonds is 4. The zero-order chi connectivity index (χ0) is 11.3. The van der Waals surface area contributed by atoms with E-state index in [0.717, 1.165) is 5.75 Å². The Labute approximate surface area is 89.0 Å². The Morgan fingerprint density at radius 2 is 2.00 bits per heavy atom. The highest BCUT2D eigenvalue weighted by atomic mass is 16.5. The molecule has 0 amide bonds. The topological polar surface area (TPSA) is 62.5 Å². The normalized spacial score (nSPS) is 11.9. The van der Waals surface area contributed by atoms with E-state index in [0.29, 0.717) is 12.2 Å². The van der Waals surface area contributed by atoms with Crippen LogP contribution in [0.5, 0.6) is 5.75 Å². The van der Waals surface area contributed by atoms with Gasteiger partial charge >= 0.3 is 0 Å². The summed E-state index contributed by atoms with van der Waals surface area (Å²) in [6, 6.07) is 6.93. The first-order valence-corrected chi connectivity index (χ1v) is 4.72. The van der Waals surface area contributed by atoms with Gasteiger partial charge in [0.25, 0.3) is 0 Å². The fraction of sp³-hybridized carbons (Fsp3) is 0.364. The summed E-state index contributed by atoms with van der Waals surface area (Å²) < 4.78 is 9.91. The summed E-state index contributed by atoms with van der Waals surface area (Å²) in [5, 5.41) is 16.9. The highest BCUT2D eigenvalue weighted by Crippen LogP contribution is 2.18. The van der Waals surface area contributed by atoms with Crippen molar-refractivity contribution in [3.63, 3.8) is 0 Å². The van der Waals surface area contributed by atoms with Crippen LogP contribution >= 0.6 is 0 Å². The largest absolute Gasteiger partial charge is 0.494 e. The smallest absolute Gasteiger partial charge is 0.214 e. The zero-order valence-corrected chi connectivity index (χ0v) is 8.86. The van der Waals surface area contributed by atoms with E-state index in [1.165, 1.54) is 7.11 Å². The number of aliphatic hydroxyl groups is 1. The lowest BCUT2D eigenvalue weighted by atomic mass is 10.1. The van der Waals surface area contributed by atoms with Gasteiger partial charge in [-0.3, -0.25) is 5.41 Å². The van der Waals surface area contributed by atoms with Crippen LogP contribution in [-0.4, -0.2) is 24.7 Å². The van der Waals surface area contributed by atoms with Crippen molar-refractivity contribution in [2.75, 3.05) is 13.7 Å². The lowest BCUT2D eigenvalue weighted by Crippen LogP contribution is -2.12. The molecular weight excluding hydrogens is 194 g/mol. The van der Waals surface area contributed by atoms with E-state index in [9.17, 15) is 5.11 Å². The molecule has 0 bridgehead atoms. The Kier molecular flexibility index (Phi) is 4.12. The van der Waals surface area contributed by atoms with E-state index in [1.807, 2.05) is 6.92 Å². The molecular formula is C11H15NO3. The third kappa shape index (κ3) is 2.95. The average Bonchev–Trinajstić information content (AvgIpc) is 2.28. The molecule has 4 heteroatoms. The van der Waals surface area contributed by atoms with E-state index in [-0.39, 0.29) is 5.90 Å². The molecule has 0 fully saturated rings. The number of benzene rings is 1. The second-order valence-corrected chi connectivity index (χ2v) is 2.97. The summed E-state index contributed by atoms with van der Waals surface area (Å²) in [4.78, 5) is 0. The van der Waals surface area contributed by atoms with Gasteiger partial charge in [-0.25, -0.2) is 0 Å². The van der Waals surface area contributed by atoms with Crippen LogP contribution in [0.3, 0.4) is 0 Å². The number of nitrogens with one attached hydrogen (secondary N) is 1. The van der Waals surface area contributed by atoms with Gasteiger partial charge in [0, 0.05) is 0 Å². The molecule has 0 aliphatic heterocycles. The zero-order valence-electron chi connectivity index (χ0n) is 8.86. The SMILES string of the molecule is CCOc1ccc([C@H](O)C(=N)OC)cc1. The number of ether oxygens (including phenoxy) is 2. The van der Waals surface area contributed by atoms with E-state index >= 15 is 0 Å². The molecule has 0 radical (unpaired) electrons. The van der Waals surface area contributed by atoms with Gasteiger partial charge < -0.3 is 14.6 Å². The van der Waals surface area contributed by atoms with E-state index in [1.54, 1.807) is 24.3 Å². The van der Waals surface area contributed by atoms with Crippen LogP contribution in [0.25, 0.3) is 0 Å². The lowest BCUT2D eigenvalue weighted by Gasteiger charge is -2.11. The van der Waals surface area contributed by atoms with Gasteiger partial charge in [-0.2, -0.15) is 0 Å². The van der Waals surface area contributed by atoms with Crippen molar-refractivity contribution in [3.05, 3.63) is 29.8 Å². The van der Waals surface area contributed by atoms with Crippen LogP contribution in [0, 0.1) is 5.41 Å². The molecule has 0 aliphatic carbocycles. The summed E-state index contributed by atoms with van der Waals surface area (Å²) in [7, 11) is 1.36. The number of methoxy groups -OCH3 is 1. The first-order chi connectivity index (χ1) is 7.19. The third-order valence-electron chi connectivity index (χ3n) is 1.98. The Bertz CT molecular complexity index is 321. The maximum Gasteiger partial charge on any atom is 0.214 e. The molecule has 2 N–H and O–H groups in total. The van der Waals surface area contributed by atoms with Crippen molar-refractivity contribution < 1.29 is 14.6 Å². The van der Waals surface area contributed by atoms with E-state index < -0.39 is 6.10 Å². The summed E-state index contributed by atoms with van der Waals surface area (Å²) >= 11 is 0. The lowest BCUT2D eigenvalue weighted by molar-refractivity contribution is 0.205. The highest BCUT2D eigenvalue weighted by molar-refractivity contribution is 5.78. The first kappa shape index (κ1) is 11.5. The van der Waals surface area contributed by atoms with Crippen molar-refractivity contribution in [1.82, 2.24) is 0 Å². The summed E-state index contributed by atoms with van der Waals surface area (Å²) in [6.45, 7) is 2.51. The molecule has 0 heterocycles. The van der Waals surface area contributed by atoms with Crippen LogP contribution < -0.4 is 4.74 Å². The predicted octanol–water partition coefficient (Wildman–Crippen LogP) is 1.74. The predicted molar refractivity (Wildman–Crippen MR) is 57.3 cm³/mol. The molecule has 4 nitrogen and oxygen atoms in total. The fourth-order valence-corrected chi connectivity index (χ4v) is 1.18. The summed E-state index contributed by atoms with van der Waals surface area (Å²) in [5.41, 5.74) is 0.616. The van der Waals surface area contributed by atoms with Crippen LogP contribution in [0.4, 0.5) is 0 Å². The molecule has 0 spiro atoms. The molecule has 0 aromatic heterocycles. The van der Waals surface area contributed by atoms with Crippen LogP contribution in [0.15, 0.2) is 24.3 Å². The quantitative estimate of drug-likeness (QED) is 0.586. The first-order valence-electron chi connectivity index (χ1n) is 4.72. The minimum Gasteiger partial charge on any atom is -0.494 e. The summed E-state index contributed by atoms with van der Waals surface area (Å²) in [6.07, 6.45) is -1.01. The van der Waals surface area contributed by atoms with Crippen molar-refractivity contribution in [2.24, 2.45) is 0 Å². The molecule has 82 valence electrons. The molecule has 0 saturated heterocycles. The van der Waals surface area contributed by atoms with E-state index in [4.69, 9.17) is 10.1 Å². The van der Waals surface area contributed by atoms with Gasteiger partial charge in [-0.1, -0.05) is 12.1 Å². The van der Waals surface area contributed by atoms with Crippen LogP contribution in [-0.2, 0) is 4.74 Å². The van der Waals surface area contributed by atoms with Gasteiger partial charge in [0.05, 0.1) is 13.7 Å². The average molecular weight is 209 g/mol. The monoisotopic (exact) mass is 209 g/mol. The molecule has 1 atom stereocenters. The Morgan fingerprint density at radius 1 is 1.40 bits per heavy atom. The molecule has 1 aromatic carbocycles. The minimum atomic E-state index is -1.01. The van der Waals surface area contributed by atoms with Gasteiger partial charge in [-0.05, 0) is 24.6 Å². The molecule has 0 saturated carbocycles. The van der Waals surface area contributed by atoms with Gasteiger partial charge in [0.15, 0.2) is 6.10 Å². The van der Waals surface area contributed by atoms with Gasteiger partial charge in [0.1, 0.15) is 5.75 Å². The Hall–Kier alpha value is -1.55. The maximum atomic E-state index is 9.62. The van der Waals surface area contributed by atoms with E-state index in [2.05, 4.69) is 4.74 Å². The van der Waals surface area contributed by atoms with Gasteiger partial charge in [0.2, 0.25) is 5.90 Å². The van der Waals surface area contributed by atoms with Crippen molar-refractivity contribution in [1.29, 1.82) is 5.41 Å². The standard InChI is InChI=1S/C11H15NO3/c1-3-15-9-6-4-8(5-7-9)10(13)11(12)14-2/h4-7,10,12-13H,3H2,1-2H3/t10-/m0/s1. The third-order valence-corrected chi connectivity index (χ3v) is 1.98. The van der Waals surface area contributed by atoms with Crippen molar-refractivity contribution >= 4 is 5.90 Å². The summed E-state index contributed by atoms with van der Waals surface area (Å²) in [5.74, 6) is 0.580. The number of hydrogen-bond donors (Lipinski definition) is 2. The number of aliphatic hydroxyl groups excluding tert-OH is 1. The van der Waals surface area contributed by atoms with Crippen molar-refractivity contribution in [3.8, 4) is 5.75 Å². The van der Waals surface area contributed by atoms with Crippen molar-refractivity contribution in [2.45, 2.75) is 13.0 Å². The fourth-order valence-electron chi connectivity index (χ4n) is 1.18. The second-order valence-electron chi connectivity index (χ2n) is 2.97. The molecule has 1 aromatic rings. The van der Waals surface area contributed by atoms with Gasteiger partial charge in [-0.15, -0.1) is 0 Å². The molecule has 15 heavy (non-hydrogen) atoms. The minimum absolute atomic E-state index is 0.167. The van der Waals surface area contributed by atoms with Crippen LogP contribution in [0.1, 0.15) is 18.6 Å². The molecule has 1 rings (SSSR count). The Balaban J connectivity index is 2.75. The number of hydrogen-bond acceptors (Lipinski definition) is 4. The second kappa shape index (κ2) is 5.36.